The molecule has 0 aliphatic carbocycles. The number of benzene rings is 2. The lowest BCUT2D eigenvalue weighted by Gasteiger charge is -2.28. The molecule has 4 rings (SSSR count). The van der Waals surface area contributed by atoms with Crippen LogP contribution in [0.4, 0.5) is 5.95 Å². The Morgan fingerprint density at radius 2 is 1.97 bits per heavy atom. The highest BCUT2D eigenvalue weighted by Crippen LogP contribution is 2.38. The van der Waals surface area contributed by atoms with Crippen molar-refractivity contribution in [1.82, 2.24) is 14.8 Å². The Kier molecular flexibility index (Phi) is 5.52. The third-order valence-electron chi connectivity index (χ3n) is 5.17. The Morgan fingerprint density at radius 1 is 1.17 bits per heavy atom. The molecule has 0 spiro atoms. The summed E-state index contributed by atoms with van der Waals surface area (Å²) in [6.07, 6.45) is 2.28. The first-order valence-electron chi connectivity index (χ1n) is 9.81. The zero-order valence-electron chi connectivity index (χ0n) is 17.3. The van der Waals surface area contributed by atoms with Gasteiger partial charge in [-0.1, -0.05) is 36.4 Å². The van der Waals surface area contributed by atoms with E-state index in [0.29, 0.717) is 29.6 Å². The normalized spacial score (nSPS) is 15.4. The number of anilines is 1. The van der Waals surface area contributed by atoms with Gasteiger partial charge in [-0.3, -0.25) is 4.79 Å². The maximum absolute atomic E-state index is 12.4. The number of aromatic nitrogens is 3. The zero-order valence-corrected chi connectivity index (χ0v) is 17.3. The van der Waals surface area contributed by atoms with Gasteiger partial charge >= 0.3 is 0 Å². The fourth-order valence-corrected chi connectivity index (χ4v) is 3.75. The number of allylic oxidation sites excluding steroid dienone is 2. The van der Waals surface area contributed by atoms with E-state index in [-0.39, 0.29) is 11.8 Å². The van der Waals surface area contributed by atoms with Gasteiger partial charge in [-0.15, -0.1) is 0 Å². The van der Waals surface area contributed by atoms with Crippen molar-refractivity contribution in [2.24, 2.45) is 0 Å². The lowest BCUT2D eigenvalue weighted by atomic mass is 9.93. The highest BCUT2D eigenvalue weighted by atomic mass is 16.5. The van der Waals surface area contributed by atoms with Crippen LogP contribution in [0.2, 0.25) is 0 Å². The highest BCUT2D eigenvalue weighted by Gasteiger charge is 2.32. The van der Waals surface area contributed by atoms with Crippen LogP contribution in [0.5, 0.6) is 11.5 Å². The van der Waals surface area contributed by atoms with Crippen LogP contribution in [0.25, 0.3) is 0 Å². The number of fused-ring (bicyclic) bond motifs is 1. The Labute approximate surface area is 175 Å². The molecule has 1 atom stereocenters. The van der Waals surface area contributed by atoms with Crippen molar-refractivity contribution in [3.63, 3.8) is 0 Å². The van der Waals surface area contributed by atoms with E-state index >= 15 is 0 Å². The van der Waals surface area contributed by atoms with Crippen molar-refractivity contribution < 1.29 is 14.3 Å². The molecule has 7 heteroatoms. The third kappa shape index (κ3) is 3.78. The molecule has 3 aromatic rings. The van der Waals surface area contributed by atoms with Gasteiger partial charge in [0.25, 0.3) is 0 Å². The van der Waals surface area contributed by atoms with E-state index in [1.807, 2.05) is 43.3 Å². The van der Waals surface area contributed by atoms with Crippen LogP contribution in [-0.4, -0.2) is 34.3 Å². The van der Waals surface area contributed by atoms with Gasteiger partial charge in [-0.05, 0) is 37.1 Å². The van der Waals surface area contributed by atoms with E-state index < -0.39 is 0 Å². The van der Waals surface area contributed by atoms with Gasteiger partial charge in [0.1, 0.15) is 12.4 Å². The summed E-state index contributed by atoms with van der Waals surface area (Å²) in [5.41, 5.74) is 3.51. The first-order valence-corrected chi connectivity index (χ1v) is 9.81. The zero-order chi connectivity index (χ0) is 21.1. The summed E-state index contributed by atoms with van der Waals surface area (Å²) in [6.45, 7) is 3.98. The second kappa shape index (κ2) is 8.41. The summed E-state index contributed by atoms with van der Waals surface area (Å²) in [6, 6.07) is 15.5. The van der Waals surface area contributed by atoms with Crippen molar-refractivity contribution in [3.8, 4) is 11.5 Å². The summed E-state index contributed by atoms with van der Waals surface area (Å²) in [5, 5.41) is 7.47. The van der Waals surface area contributed by atoms with Crippen LogP contribution >= 0.6 is 0 Å². The van der Waals surface area contributed by atoms with Gasteiger partial charge in [-0.2, -0.15) is 10.1 Å². The van der Waals surface area contributed by atoms with Crippen molar-refractivity contribution >= 4 is 11.7 Å². The summed E-state index contributed by atoms with van der Waals surface area (Å²) < 4.78 is 13.3. The third-order valence-corrected chi connectivity index (χ3v) is 5.17. The van der Waals surface area contributed by atoms with Crippen molar-refractivity contribution in [2.45, 2.75) is 26.3 Å². The summed E-state index contributed by atoms with van der Waals surface area (Å²) >= 11 is 0. The number of nitrogens with zero attached hydrogens (tertiary/aromatic N) is 3. The van der Waals surface area contributed by atoms with Gasteiger partial charge < -0.3 is 14.8 Å². The van der Waals surface area contributed by atoms with Crippen molar-refractivity contribution in [2.75, 3.05) is 19.0 Å². The number of methoxy groups -OCH3 is 1. The predicted octanol–water partition coefficient (Wildman–Crippen LogP) is 3.79. The SMILES string of the molecule is COc1cc([C@H]2C(C(C)=O)=C(C)Nc3ncnn32)ccc1OCCc1ccccc1. The molecule has 0 saturated heterocycles. The molecule has 1 aliphatic rings. The number of carbonyl (C=O) groups is 1. The van der Waals surface area contributed by atoms with E-state index in [0.717, 1.165) is 17.7 Å². The molecule has 0 radical (unpaired) electrons. The molecule has 154 valence electrons. The molecule has 0 saturated carbocycles. The van der Waals surface area contributed by atoms with Gasteiger partial charge in [0.05, 0.1) is 13.7 Å². The largest absolute Gasteiger partial charge is 0.493 e. The highest BCUT2D eigenvalue weighted by molar-refractivity contribution is 5.96. The molecule has 30 heavy (non-hydrogen) atoms. The number of hydrogen-bond acceptors (Lipinski definition) is 6. The van der Waals surface area contributed by atoms with Crippen LogP contribution in [0.15, 0.2) is 66.1 Å². The Bertz CT molecular complexity index is 1090. The number of carbonyl (C=O) groups excluding carboxylic acids is 1. The molecule has 1 aromatic heterocycles. The van der Waals surface area contributed by atoms with E-state index in [1.165, 1.54) is 11.9 Å². The van der Waals surface area contributed by atoms with E-state index in [9.17, 15) is 4.79 Å². The first-order chi connectivity index (χ1) is 14.6. The average Bonchev–Trinajstić information content (AvgIpc) is 3.21. The van der Waals surface area contributed by atoms with E-state index in [1.54, 1.807) is 18.7 Å². The molecule has 0 amide bonds. The number of rotatable bonds is 7. The van der Waals surface area contributed by atoms with Gasteiger partial charge in [0, 0.05) is 17.7 Å². The Morgan fingerprint density at radius 3 is 2.70 bits per heavy atom. The molecule has 0 fully saturated rings. The summed E-state index contributed by atoms with van der Waals surface area (Å²) in [5.74, 6) is 1.86. The van der Waals surface area contributed by atoms with E-state index in [4.69, 9.17) is 9.47 Å². The second-order valence-electron chi connectivity index (χ2n) is 7.14. The van der Waals surface area contributed by atoms with Crippen molar-refractivity contribution in [1.29, 1.82) is 0 Å². The summed E-state index contributed by atoms with van der Waals surface area (Å²) in [7, 11) is 1.61. The number of hydrogen-bond donors (Lipinski definition) is 1. The predicted molar refractivity (Wildman–Crippen MR) is 114 cm³/mol. The maximum Gasteiger partial charge on any atom is 0.226 e. The minimum Gasteiger partial charge on any atom is -0.493 e. The molecule has 7 nitrogen and oxygen atoms in total. The van der Waals surface area contributed by atoms with E-state index in [2.05, 4.69) is 27.5 Å². The molecule has 0 bridgehead atoms. The smallest absolute Gasteiger partial charge is 0.226 e. The molecule has 0 unspecified atom stereocenters. The Hall–Kier alpha value is -3.61. The number of Topliss-reactive ketones (excluding diaryl/α,β-unsaturated/α-hetero) is 1. The fraction of sp³-hybridized carbons (Fsp3) is 0.261. The molecule has 1 aliphatic heterocycles. The summed E-state index contributed by atoms with van der Waals surface area (Å²) in [4.78, 5) is 16.7. The molecule has 2 aromatic carbocycles. The number of ether oxygens (including phenoxy) is 2. The lowest BCUT2D eigenvalue weighted by Crippen LogP contribution is -2.27. The van der Waals surface area contributed by atoms with Crippen LogP contribution in [0.3, 0.4) is 0 Å². The number of ketones is 1. The quantitative estimate of drug-likeness (QED) is 0.646. The van der Waals surface area contributed by atoms with Crippen molar-refractivity contribution in [3.05, 3.63) is 77.3 Å². The fourth-order valence-electron chi connectivity index (χ4n) is 3.75. The Balaban J connectivity index is 1.61. The average molecular weight is 404 g/mol. The monoisotopic (exact) mass is 404 g/mol. The maximum atomic E-state index is 12.4. The minimum absolute atomic E-state index is 0.0201. The van der Waals surface area contributed by atoms with Crippen LogP contribution < -0.4 is 14.8 Å². The minimum atomic E-state index is -0.381. The molecule has 1 N–H and O–H groups in total. The first kappa shape index (κ1) is 19.7. The molecular weight excluding hydrogens is 380 g/mol. The topological polar surface area (TPSA) is 78.3 Å². The standard InChI is InChI=1S/C23H24N4O3/c1-15-21(16(2)28)22(27-23(26-15)24-14-25-27)18-9-10-19(20(13-18)29-3)30-12-11-17-7-5-4-6-8-17/h4-10,13-14,22H,11-12H2,1-3H3,(H,24,25,26)/t22-/m0/s1. The van der Waals surface area contributed by atoms with Crippen LogP contribution in [0, 0.1) is 0 Å². The second-order valence-corrected chi connectivity index (χ2v) is 7.14. The van der Waals surface area contributed by atoms with Gasteiger partial charge in [-0.25, -0.2) is 4.68 Å². The van der Waals surface area contributed by atoms with Gasteiger partial charge in [0.2, 0.25) is 5.95 Å². The van der Waals surface area contributed by atoms with Gasteiger partial charge in [0.15, 0.2) is 17.3 Å². The molecule has 2 heterocycles. The number of nitrogens with one attached hydrogen (secondary N) is 1. The van der Waals surface area contributed by atoms with Crippen LogP contribution in [-0.2, 0) is 11.2 Å². The van der Waals surface area contributed by atoms with Crippen LogP contribution in [0.1, 0.15) is 31.0 Å². The molecular formula is C23H24N4O3. The lowest BCUT2D eigenvalue weighted by molar-refractivity contribution is -0.114.